The Labute approximate surface area is 162 Å². The van der Waals surface area contributed by atoms with Crippen molar-refractivity contribution in [2.45, 2.75) is 25.3 Å². The maximum atomic E-state index is 11.2. The molecule has 4 rings (SSSR count). The van der Waals surface area contributed by atoms with Crippen LogP contribution >= 0.6 is 0 Å². The molecule has 1 aromatic carbocycles. The van der Waals surface area contributed by atoms with Crippen molar-refractivity contribution in [2.75, 3.05) is 18.4 Å². The highest BCUT2D eigenvalue weighted by atomic mass is 16.6. The Morgan fingerprint density at radius 1 is 1.43 bits per heavy atom. The van der Waals surface area contributed by atoms with Crippen LogP contribution in [0.15, 0.2) is 42.7 Å². The first-order chi connectivity index (χ1) is 13.7. The number of nitrogens with one attached hydrogen (secondary N) is 2. The monoisotopic (exact) mass is 375 g/mol. The molecule has 142 valence electrons. The summed E-state index contributed by atoms with van der Waals surface area (Å²) in [6.07, 6.45) is 12.3. The minimum absolute atomic E-state index is 0.0484. The van der Waals surface area contributed by atoms with E-state index in [9.17, 15) is 10.1 Å². The van der Waals surface area contributed by atoms with Gasteiger partial charge in [0, 0.05) is 41.1 Å². The number of nitrogens with zero attached hydrogens (tertiary/aromatic N) is 3. The quantitative estimate of drug-likeness (QED) is 0.388. The molecule has 7 nitrogen and oxygen atoms in total. The number of H-pyrrole nitrogens is 1. The van der Waals surface area contributed by atoms with Crippen LogP contribution in [0.3, 0.4) is 0 Å². The van der Waals surface area contributed by atoms with Gasteiger partial charge in [-0.2, -0.15) is 0 Å². The molecule has 0 radical (unpaired) electrons. The largest absolute Gasteiger partial charge is 0.361 e. The molecular weight excluding hydrogens is 354 g/mol. The molecule has 0 amide bonds. The Kier molecular flexibility index (Phi) is 4.96. The van der Waals surface area contributed by atoms with Crippen LogP contribution in [0.2, 0.25) is 0 Å². The van der Waals surface area contributed by atoms with Gasteiger partial charge in [0.2, 0.25) is 5.82 Å². The molecule has 1 aliphatic heterocycles. The molecule has 1 unspecified atom stereocenters. The van der Waals surface area contributed by atoms with Crippen molar-refractivity contribution in [1.29, 1.82) is 0 Å². The lowest BCUT2D eigenvalue weighted by molar-refractivity contribution is -0.384. The fraction of sp³-hybridized carbons (Fsp3) is 0.286. The number of aromatic nitrogens is 2. The number of fused-ring (bicyclic) bond motifs is 1. The van der Waals surface area contributed by atoms with Crippen LogP contribution in [-0.4, -0.2) is 38.9 Å². The average Bonchev–Trinajstić information content (AvgIpc) is 3.30. The van der Waals surface area contributed by atoms with E-state index in [1.165, 1.54) is 24.2 Å². The first kappa shape index (κ1) is 18.0. The zero-order valence-electron chi connectivity index (χ0n) is 15.4. The standard InChI is InChI=1S/C21H21N5O2/c1-2-10-25-11-4-5-17(25)12-15-14-23-19-8-7-16(13-18(15)19)24-21-20(26(27)28)6-3-9-22-21/h1,3,6-9,13-14,17,23H,4-5,10-12H2,(H,22,24). The van der Waals surface area contributed by atoms with E-state index in [0.717, 1.165) is 36.0 Å². The molecule has 3 heterocycles. The molecule has 28 heavy (non-hydrogen) atoms. The average molecular weight is 375 g/mol. The van der Waals surface area contributed by atoms with E-state index in [0.29, 0.717) is 12.6 Å². The van der Waals surface area contributed by atoms with Gasteiger partial charge in [-0.05, 0) is 55.6 Å². The zero-order valence-corrected chi connectivity index (χ0v) is 15.4. The van der Waals surface area contributed by atoms with Gasteiger partial charge in [-0.25, -0.2) is 4.98 Å². The van der Waals surface area contributed by atoms with Gasteiger partial charge in [0.1, 0.15) is 0 Å². The van der Waals surface area contributed by atoms with Gasteiger partial charge < -0.3 is 10.3 Å². The molecule has 2 N–H and O–H groups in total. The highest BCUT2D eigenvalue weighted by molar-refractivity contribution is 5.87. The number of anilines is 2. The third-order valence-electron chi connectivity index (χ3n) is 5.26. The molecule has 0 spiro atoms. The molecule has 2 aromatic heterocycles. The Balaban J connectivity index is 1.60. The van der Waals surface area contributed by atoms with E-state index >= 15 is 0 Å². The number of benzene rings is 1. The number of terminal acetylenes is 1. The maximum Gasteiger partial charge on any atom is 0.311 e. The van der Waals surface area contributed by atoms with Crippen molar-refractivity contribution < 1.29 is 4.92 Å². The zero-order chi connectivity index (χ0) is 19.5. The minimum atomic E-state index is -0.435. The van der Waals surface area contributed by atoms with Crippen LogP contribution in [-0.2, 0) is 6.42 Å². The Morgan fingerprint density at radius 3 is 3.14 bits per heavy atom. The highest BCUT2D eigenvalue weighted by Gasteiger charge is 2.24. The Bertz CT molecular complexity index is 1050. The fourth-order valence-electron chi connectivity index (χ4n) is 3.91. The third-order valence-corrected chi connectivity index (χ3v) is 5.26. The van der Waals surface area contributed by atoms with Crippen LogP contribution in [0.25, 0.3) is 10.9 Å². The van der Waals surface area contributed by atoms with Crippen LogP contribution in [0.1, 0.15) is 18.4 Å². The predicted molar refractivity (Wildman–Crippen MR) is 110 cm³/mol. The van der Waals surface area contributed by atoms with Crippen LogP contribution in [0.5, 0.6) is 0 Å². The lowest BCUT2D eigenvalue weighted by atomic mass is 10.0. The van der Waals surface area contributed by atoms with Gasteiger partial charge in [-0.3, -0.25) is 15.0 Å². The number of pyridine rings is 1. The Morgan fingerprint density at radius 2 is 2.32 bits per heavy atom. The van der Waals surface area contributed by atoms with Gasteiger partial charge in [0.25, 0.3) is 0 Å². The summed E-state index contributed by atoms with van der Waals surface area (Å²) in [4.78, 5) is 20.6. The number of hydrogen-bond acceptors (Lipinski definition) is 5. The second kappa shape index (κ2) is 7.71. The van der Waals surface area contributed by atoms with Gasteiger partial charge in [-0.1, -0.05) is 5.92 Å². The van der Waals surface area contributed by atoms with E-state index in [4.69, 9.17) is 6.42 Å². The van der Waals surface area contributed by atoms with Gasteiger partial charge in [0.05, 0.1) is 11.5 Å². The van der Waals surface area contributed by atoms with Crippen LogP contribution < -0.4 is 5.32 Å². The van der Waals surface area contributed by atoms with Crippen molar-refractivity contribution in [3.05, 3.63) is 58.4 Å². The van der Waals surface area contributed by atoms with Crippen LogP contribution in [0, 0.1) is 22.5 Å². The van der Waals surface area contributed by atoms with E-state index in [2.05, 4.69) is 26.1 Å². The number of likely N-dealkylation sites (tertiary alicyclic amines) is 1. The van der Waals surface area contributed by atoms with Gasteiger partial charge >= 0.3 is 5.69 Å². The molecule has 1 atom stereocenters. The highest BCUT2D eigenvalue weighted by Crippen LogP contribution is 2.30. The molecule has 7 heteroatoms. The van der Waals surface area contributed by atoms with Gasteiger partial charge in [-0.15, -0.1) is 6.42 Å². The van der Waals surface area contributed by atoms with Crippen molar-refractivity contribution in [3.8, 4) is 12.3 Å². The number of nitro groups is 1. The van der Waals surface area contributed by atoms with Crippen molar-refractivity contribution in [1.82, 2.24) is 14.9 Å². The summed E-state index contributed by atoms with van der Waals surface area (Å²) in [5.74, 6) is 2.99. The van der Waals surface area contributed by atoms with E-state index in [-0.39, 0.29) is 11.5 Å². The van der Waals surface area contributed by atoms with Crippen LogP contribution in [0.4, 0.5) is 17.2 Å². The van der Waals surface area contributed by atoms with Crippen molar-refractivity contribution in [3.63, 3.8) is 0 Å². The first-order valence-electron chi connectivity index (χ1n) is 9.29. The van der Waals surface area contributed by atoms with E-state index in [1.807, 2.05) is 24.4 Å². The lowest BCUT2D eigenvalue weighted by Crippen LogP contribution is -2.31. The molecule has 1 fully saturated rings. The van der Waals surface area contributed by atoms with E-state index in [1.54, 1.807) is 6.07 Å². The molecule has 1 saturated heterocycles. The summed E-state index contributed by atoms with van der Waals surface area (Å²) < 4.78 is 0. The fourth-order valence-corrected chi connectivity index (χ4v) is 3.91. The Hall–Kier alpha value is -3.37. The SMILES string of the molecule is C#CCN1CCCC1Cc1c[nH]c2ccc(Nc3ncccc3[N+](=O)[O-])cc12. The summed E-state index contributed by atoms with van der Waals surface area (Å²) in [6.45, 7) is 1.73. The number of aromatic amines is 1. The molecular formula is C21H21N5O2. The van der Waals surface area contributed by atoms with Crippen molar-refractivity contribution >= 4 is 28.1 Å². The summed E-state index contributed by atoms with van der Waals surface area (Å²) in [5.41, 5.74) is 2.98. The minimum Gasteiger partial charge on any atom is -0.361 e. The summed E-state index contributed by atoms with van der Waals surface area (Å²) in [6, 6.07) is 9.32. The molecule has 0 bridgehead atoms. The first-order valence-corrected chi connectivity index (χ1v) is 9.29. The molecule has 3 aromatic rings. The number of hydrogen-bond donors (Lipinski definition) is 2. The lowest BCUT2D eigenvalue weighted by Gasteiger charge is -2.21. The smallest absolute Gasteiger partial charge is 0.311 e. The second-order valence-electron chi connectivity index (χ2n) is 7.00. The summed E-state index contributed by atoms with van der Waals surface area (Å²) in [7, 11) is 0. The molecule has 1 aliphatic rings. The molecule has 0 saturated carbocycles. The van der Waals surface area contributed by atoms with Crippen molar-refractivity contribution in [2.24, 2.45) is 0 Å². The normalized spacial score (nSPS) is 16.9. The van der Waals surface area contributed by atoms with E-state index < -0.39 is 4.92 Å². The number of rotatable bonds is 6. The third kappa shape index (κ3) is 3.55. The maximum absolute atomic E-state index is 11.2. The van der Waals surface area contributed by atoms with Gasteiger partial charge in [0.15, 0.2) is 0 Å². The summed E-state index contributed by atoms with van der Waals surface area (Å²) in [5, 5.41) is 15.4. The predicted octanol–water partition coefficient (Wildman–Crippen LogP) is 3.85. The molecule has 0 aliphatic carbocycles. The topological polar surface area (TPSA) is 87.1 Å². The summed E-state index contributed by atoms with van der Waals surface area (Å²) >= 11 is 0. The second-order valence-corrected chi connectivity index (χ2v) is 7.00.